The molecule has 26 heavy (non-hydrogen) atoms. The minimum Gasteiger partial charge on any atom is -0.298 e. The maximum Gasteiger partial charge on any atom is 0.258 e. The first-order chi connectivity index (χ1) is 12.5. The minimum absolute atomic E-state index is 0.162. The Hall–Kier alpha value is -2.16. The Morgan fingerprint density at radius 3 is 2.73 bits per heavy atom. The Morgan fingerprint density at radius 1 is 1.23 bits per heavy atom. The summed E-state index contributed by atoms with van der Waals surface area (Å²) >= 11 is 13.0. The van der Waals surface area contributed by atoms with Gasteiger partial charge in [-0.1, -0.05) is 54.6 Å². The summed E-state index contributed by atoms with van der Waals surface area (Å²) in [7, 11) is 0. The number of benzene rings is 2. The normalized spacial score (nSPS) is 10.7. The topological polar surface area (TPSA) is 71.8 Å². The summed E-state index contributed by atoms with van der Waals surface area (Å²) in [6.45, 7) is 3.82. The second-order valence-electron chi connectivity index (χ2n) is 5.33. The van der Waals surface area contributed by atoms with E-state index in [-0.39, 0.29) is 11.0 Å². The molecule has 0 fully saturated rings. The molecule has 6 nitrogen and oxygen atoms in total. The number of aryl methyl sites for hydroxylation is 1. The van der Waals surface area contributed by atoms with Crippen LogP contribution in [0.5, 0.6) is 0 Å². The van der Waals surface area contributed by atoms with E-state index in [1.807, 2.05) is 25.1 Å². The number of rotatable bonds is 4. The van der Waals surface area contributed by atoms with Crippen molar-refractivity contribution in [1.29, 1.82) is 0 Å². The highest BCUT2D eigenvalue weighted by Crippen LogP contribution is 2.25. The summed E-state index contributed by atoms with van der Waals surface area (Å²) in [6, 6.07) is 10.9. The number of nitrogens with zero attached hydrogens (tertiary/aromatic N) is 3. The molecule has 2 N–H and O–H groups in total. The van der Waals surface area contributed by atoms with E-state index in [9.17, 15) is 4.79 Å². The number of amides is 1. The number of fused-ring (bicyclic) bond motifs is 1. The molecule has 0 unspecified atom stereocenters. The fourth-order valence-corrected chi connectivity index (χ4v) is 3.55. The highest BCUT2D eigenvalue weighted by atomic mass is 35.5. The summed E-state index contributed by atoms with van der Waals surface area (Å²) in [5.41, 5.74) is 3.45. The number of thioether (sulfide) groups is 1. The molecule has 3 rings (SSSR count). The number of aromatic nitrogens is 3. The molecular formula is C17H16ClN5OS2. The molecule has 0 bridgehead atoms. The number of carbonyl (C=O) groups excluding carboxylic acids is 1. The number of thiocarbonyl (C=S) groups is 1. The molecule has 0 radical (unpaired) electrons. The van der Waals surface area contributed by atoms with Gasteiger partial charge in [0, 0.05) is 16.0 Å². The van der Waals surface area contributed by atoms with E-state index >= 15 is 0 Å². The SMILES string of the molecule is CCSc1nnc(C)n1NC(=S)NC(=O)c1cccc2c(Cl)cccc12. The third-order valence-electron chi connectivity index (χ3n) is 3.62. The van der Waals surface area contributed by atoms with Crippen LogP contribution in [0.4, 0.5) is 0 Å². The van der Waals surface area contributed by atoms with Gasteiger partial charge in [-0.2, -0.15) is 0 Å². The van der Waals surface area contributed by atoms with Gasteiger partial charge in [-0.25, -0.2) is 4.68 Å². The lowest BCUT2D eigenvalue weighted by molar-refractivity contribution is 0.0979. The highest BCUT2D eigenvalue weighted by molar-refractivity contribution is 7.99. The molecule has 134 valence electrons. The van der Waals surface area contributed by atoms with Crippen LogP contribution in [0.15, 0.2) is 41.6 Å². The quantitative estimate of drug-likeness (QED) is 0.508. The van der Waals surface area contributed by atoms with Gasteiger partial charge in [-0.05, 0) is 42.4 Å². The molecule has 0 spiro atoms. The standard InChI is InChI=1S/C17H16ClN5OS2/c1-3-26-17-21-20-10(2)23(17)22-16(25)19-15(24)13-8-4-7-12-11(13)6-5-9-14(12)18/h4-9H,3H2,1-2H3,(H2,19,22,24,25). The van der Waals surface area contributed by atoms with E-state index in [1.54, 1.807) is 29.8 Å². The zero-order valence-electron chi connectivity index (χ0n) is 14.1. The summed E-state index contributed by atoms with van der Waals surface area (Å²) in [6.07, 6.45) is 0. The van der Waals surface area contributed by atoms with Crippen molar-refractivity contribution in [1.82, 2.24) is 20.2 Å². The van der Waals surface area contributed by atoms with Crippen molar-refractivity contribution in [3.63, 3.8) is 0 Å². The first-order valence-electron chi connectivity index (χ1n) is 7.85. The van der Waals surface area contributed by atoms with Crippen LogP contribution in [0, 0.1) is 6.92 Å². The van der Waals surface area contributed by atoms with Crippen LogP contribution in [0.25, 0.3) is 10.8 Å². The molecule has 2 aromatic carbocycles. The maximum atomic E-state index is 12.7. The lowest BCUT2D eigenvalue weighted by Gasteiger charge is -2.13. The van der Waals surface area contributed by atoms with Gasteiger partial charge in [0.05, 0.1) is 0 Å². The number of hydrogen-bond donors (Lipinski definition) is 2. The molecule has 0 aliphatic carbocycles. The van der Waals surface area contributed by atoms with Crippen molar-refractivity contribution in [2.45, 2.75) is 19.0 Å². The zero-order valence-corrected chi connectivity index (χ0v) is 16.5. The third-order valence-corrected chi connectivity index (χ3v) is 4.96. The van der Waals surface area contributed by atoms with Gasteiger partial charge < -0.3 is 0 Å². The third kappa shape index (κ3) is 3.82. The van der Waals surface area contributed by atoms with E-state index in [0.29, 0.717) is 21.6 Å². The Morgan fingerprint density at radius 2 is 1.96 bits per heavy atom. The van der Waals surface area contributed by atoms with Crippen LogP contribution in [0.3, 0.4) is 0 Å². The lowest BCUT2D eigenvalue weighted by atomic mass is 10.0. The van der Waals surface area contributed by atoms with Gasteiger partial charge in [-0.15, -0.1) is 10.2 Å². The van der Waals surface area contributed by atoms with Gasteiger partial charge in [-0.3, -0.25) is 15.5 Å². The van der Waals surface area contributed by atoms with Crippen molar-refractivity contribution in [3.8, 4) is 0 Å². The average molecular weight is 406 g/mol. The monoisotopic (exact) mass is 405 g/mol. The largest absolute Gasteiger partial charge is 0.298 e. The minimum atomic E-state index is -0.314. The Kier molecular flexibility index (Phi) is 5.75. The fourth-order valence-electron chi connectivity index (χ4n) is 2.46. The van der Waals surface area contributed by atoms with Gasteiger partial charge in [0.2, 0.25) is 5.16 Å². The van der Waals surface area contributed by atoms with Crippen molar-refractivity contribution in [3.05, 3.63) is 52.8 Å². The second-order valence-corrected chi connectivity index (χ2v) is 7.38. The van der Waals surface area contributed by atoms with Crippen molar-refractivity contribution in [2.24, 2.45) is 0 Å². The molecule has 0 atom stereocenters. The van der Waals surface area contributed by atoms with E-state index in [4.69, 9.17) is 23.8 Å². The molecule has 0 aliphatic heterocycles. The first kappa shape index (κ1) is 18.6. The van der Waals surface area contributed by atoms with Crippen molar-refractivity contribution < 1.29 is 4.79 Å². The predicted molar refractivity (Wildman–Crippen MR) is 110 cm³/mol. The second kappa shape index (κ2) is 8.03. The van der Waals surface area contributed by atoms with Gasteiger partial charge in [0.25, 0.3) is 5.91 Å². The number of carbonyl (C=O) groups is 1. The van der Waals surface area contributed by atoms with Crippen LogP contribution >= 0.6 is 35.6 Å². The molecule has 1 amide bonds. The van der Waals surface area contributed by atoms with Crippen LogP contribution in [-0.4, -0.2) is 31.6 Å². The lowest BCUT2D eigenvalue weighted by Crippen LogP contribution is -2.38. The zero-order chi connectivity index (χ0) is 18.7. The molecular weight excluding hydrogens is 390 g/mol. The number of hydrogen-bond acceptors (Lipinski definition) is 5. The molecule has 0 saturated carbocycles. The number of halogens is 1. The van der Waals surface area contributed by atoms with Crippen LogP contribution in [-0.2, 0) is 0 Å². The molecule has 9 heteroatoms. The molecule has 1 aromatic heterocycles. The van der Waals surface area contributed by atoms with E-state index < -0.39 is 0 Å². The van der Waals surface area contributed by atoms with Crippen molar-refractivity contribution >= 4 is 57.4 Å². The Bertz CT molecular complexity index is 988. The summed E-state index contributed by atoms with van der Waals surface area (Å²) in [5.74, 6) is 1.18. The van der Waals surface area contributed by atoms with Crippen molar-refractivity contribution in [2.75, 3.05) is 11.2 Å². The highest BCUT2D eigenvalue weighted by Gasteiger charge is 2.15. The molecule has 0 saturated heterocycles. The smallest absolute Gasteiger partial charge is 0.258 e. The predicted octanol–water partition coefficient (Wildman–Crippen LogP) is 3.76. The van der Waals surface area contributed by atoms with Crippen LogP contribution < -0.4 is 10.7 Å². The first-order valence-corrected chi connectivity index (χ1v) is 9.63. The van der Waals surface area contributed by atoms with E-state index in [0.717, 1.165) is 16.5 Å². The fraction of sp³-hybridized carbons (Fsp3) is 0.176. The molecule has 3 aromatic rings. The van der Waals surface area contributed by atoms with Gasteiger partial charge in [0.1, 0.15) is 5.82 Å². The van der Waals surface area contributed by atoms with Crippen LogP contribution in [0.2, 0.25) is 5.02 Å². The van der Waals surface area contributed by atoms with Gasteiger partial charge in [0.15, 0.2) is 5.11 Å². The van der Waals surface area contributed by atoms with Crippen LogP contribution in [0.1, 0.15) is 23.1 Å². The summed E-state index contributed by atoms with van der Waals surface area (Å²) in [4.78, 5) is 12.7. The summed E-state index contributed by atoms with van der Waals surface area (Å²) < 4.78 is 1.65. The van der Waals surface area contributed by atoms with E-state index in [1.165, 1.54) is 11.8 Å². The van der Waals surface area contributed by atoms with E-state index in [2.05, 4.69) is 20.9 Å². The number of nitrogens with one attached hydrogen (secondary N) is 2. The molecule has 1 heterocycles. The average Bonchev–Trinajstić information content (AvgIpc) is 2.95. The summed E-state index contributed by atoms with van der Waals surface area (Å²) in [5, 5.41) is 13.8. The Balaban J connectivity index is 1.80. The Labute approximate surface area is 165 Å². The maximum absolute atomic E-state index is 12.7. The molecule has 0 aliphatic rings. The van der Waals surface area contributed by atoms with Gasteiger partial charge >= 0.3 is 0 Å².